The monoisotopic (exact) mass is 378 g/mol. The van der Waals surface area contributed by atoms with Gasteiger partial charge in [0.25, 0.3) is 5.69 Å². The molecule has 22 heavy (non-hydrogen) atoms. The van der Waals surface area contributed by atoms with Gasteiger partial charge in [0.05, 0.1) is 10.4 Å². The Morgan fingerprint density at radius 1 is 1.41 bits per heavy atom. The third-order valence-electron chi connectivity index (χ3n) is 3.12. The lowest BCUT2D eigenvalue weighted by Gasteiger charge is -2.09. The van der Waals surface area contributed by atoms with Crippen molar-refractivity contribution in [2.75, 3.05) is 0 Å². The van der Waals surface area contributed by atoms with Crippen LogP contribution in [0.15, 0.2) is 46.2 Å². The van der Waals surface area contributed by atoms with E-state index in [-0.39, 0.29) is 15.9 Å². The molecule has 0 saturated heterocycles. The van der Waals surface area contributed by atoms with Gasteiger partial charge in [0.2, 0.25) is 0 Å². The topological polar surface area (TPSA) is 84.7 Å². The number of nitro groups is 1. The number of halogens is 1. The van der Waals surface area contributed by atoms with Gasteiger partial charge in [-0.1, -0.05) is 23.9 Å². The lowest BCUT2D eigenvalue weighted by Crippen LogP contribution is -1.93. The van der Waals surface area contributed by atoms with Gasteiger partial charge in [0.1, 0.15) is 0 Å². The number of benzene rings is 1. The van der Waals surface area contributed by atoms with Crippen LogP contribution >= 0.6 is 27.7 Å². The minimum absolute atomic E-state index is 0.0314. The summed E-state index contributed by atoms with van der Waals surface area (Å²) in [6, 6.07) is 8.57. The first-order valence-corrected chi connectivity index (χ1v) is 8.12. The van der Waals surface area contributed by atoms with Gasteiger partial charge in [-0.3, -0.25) is 10.1 Å². The maximum absolute atomic E-state index is 10.9. The number of aromatic nitrogens is 3. The molecule has 1 N–H and O–H groups in total. The lowest BCUT2D eigenvalue weighted by atomic mass is 10.1. The summed E-state index contributed by atoms with van der Waals surface area (Å²) in [5.74, 6) is 0. The van der Waals surface area contributed by atoms with Crippen molar-refractivity contribution in [3.05, 3.63) is 56.7 Å². The lowest BCUT2D eigenvalue weighted by molar-refractivity contribution is -0.384. The molecule has 3 aromatic rings. The second-order valence-corrected chi connectivity index (χ2v) is 6.92. The zero-order chi connectivity index (χ0) is 15.7. The van der Waals surface area contributed by atoms with E-state index < -0.39 is 0 Å². The van der Waals surface area contributed by atoms with E-state index in [9.17, 15) is 10.1 Å². The number of pyridine rings is 1. The highest BCUT2D eigenvalue weighted by Gasteiger charge is 2.14. The molecule has 112 valence electrons. The second-order valence-electron chi connectivity index (χ2n) is 4.68. The van der Waals surface area contributed by atoms with Gasteiger partial charge in [-0.25, -0.2) is 9.97 Å². The van der Waals surface area contributed by atoms with Crippen molar-refractivity contribution < 1.29 is 4.92 Å². The van der Waals surface area contributed by atoms with Crippen LogP contribution in [0.2, 0.25) is 0 Å². The molecule has 2 aromatic heterocycles. The van der Waals surface area contributed by atoms with E-state index in [1.54, 1.807) is 18.3 Å². The van der Waals surface area contributed by atoms with Crippen molar-refractivity contribution in [3.8, 4) is 0 Å². The normalized spacial score (nSPS) is 12.5. The molecule has 1 unspecified atom stereocenters. The van der Waals surface area contributed by atoms with Crippen molar-refractivity contribution in [1.82, 2.24) is 15.0 Å². The zero-order valence-electron chi connectivity index (χ0n) is 11.5. The highest BCUT2D eigenvalue weighted by atomic mass is 79.9. The molecule has 0 aliphatic carbocycles. The molecule has 0 aliphatic heterocycles. The molecule has 0 aliphatic rings. The minimum Gasteiger partial charge on any atom is -0.331 e. The van der Waals surface area contributed by atoms with Gasteiger partial charge in [-0.05, 0) is 34.5 Å². The van der Waals surface area contributed by atoms with Crippen molar-refractivity contribution in [2.24, 2.45) is 0 Å². The van der Waals surface area contributed by atoms with E-state index in [0.29, 0.717) is 5.65 Å². The number of hydrogen-bond donors (Lipinski definition) is 1. The van der Waals surface area contributed by atoms with E-state index in [2.05, 4.69) is 30.9 Å². The molecule has 0 radical (unpaired) electrons. The standard InChI is InChI=1S/C14H11BrN4O2S/c1-8(9-3-2-4-11(5-9)19(20)21)22-14-17-12-6-10(15)7-16-13(12)18-14/h2-8H,1H3,(H,16,17,18). The second kappa shape index (κ2) is 6.05. The summed E-state index contributed by atoms with van der Waals surface area (Å²) in [5.41, 5.74) is 2.48. The van der Waals surface area contributed by atoms with Crippen molar-refractivity contribution in [2.45, 2.75) is 17.3 Å². The first-order valence-electron chi connectivity index (χ1n) is 6.45. The third-order valence-corrected chi connectivity index (χ3v) is 4.60. The number of imidazole rings is 1. The van der Waals surface area contributed by atoms with Crippen LogP contribution in [0.5, 0.6) is 0 Å². The van der Waals surface area contributed by atoms with Crippen molar-refractivity contribution >= 4 is 44.5 Å². The molecule has 0 fully saturated rings. The smallest absolute Gasteiger partial charge is 0.269 e. The van der Waals surface area contributed by atoms with Gasteiger partial charge in [-0.15, -0.1) is 0 Å². The first-order chi connectivity index (χ1) is 10.5. The van der Waals surface area contributed by atoms with E-state index >= 15 is 0 Å². The van der Waals surface area contributed by atoms with E-state index in [4.69, 9.17) is 0 Å². The van der Waals surface area contributed by atoms with Crippen LogP contribution < -0.4 is 0 Å². The Morgan fingerprint density at radius 2 is 2.23 bits per heavy atom. The molecule has 8 heteroatoms. The Labute approximate surface area is 138 Å². The molecule has 0 spiro atoms. The average molecular weight is 379 g/mol. The van der Waals surface area contributed by atoms with E-state index in [1.165, 1.54) is 17.8 Å². The molecule has 3 rings (SSSR count). The van der Waals surface area contributed by atoms with Crippen LogP contribution in [0.1, 0.15) is 17.7 Å². The average Bonchev–Trinajstić information content (AvgIpc) is 2.88. The highest BCUT2D eigenvalue weighted by Crippen LogP contribution is 2.35. The number of aromatic amines is 1. The molecular weight excluding hydrogens is 368 g/mol. The van der Waals surface area contributed by atoms with E-state index in [1.807, 2.05) is 19.1 Å². The fourth-order valence-corrected chi connectivity index (χ4v) is 3.29. The fraction of sp³-hybridized carbons (Fsp3) is 0.143. The summed E-state index contributed by atoms with van der Waals surface area (Å²) >= 11 is 4.87. The number of nitrogens with zero attached hydrogens (tertiary/aromatic N) is 3. The molecule has 0 bridgehead atoms. The van der Waals surface area contributed by atoms with Crippen LogP contribution in [0.25, 0.3) is 11.2 Å². The minimum atomic E-state index is -0.385. The summed E-state index contributed by atoms with van der Waals surface area (Å²) in [5, 5.41) is 11.6. The number of nitro benzene ring substituents is 1. The first kappa shape index (κ1) is 15.0. The van der Waals surface area contributed by atoms with Gasteiger partial charge in [0.15, 0.2) is 10.8 Å². The molecule has 0 saturated carbocycles. The summed E-state index contributed by atoms with van der Waals surface area (Å²) < 4.78 is 0.881. The number of thioether (sulfide) groups is 1. The molecule has 6 nitrogen and oxygen atoms in total. The van der Waals surface area contributed by atoms with Crippen LogP contribution in [0, 0.1) is 10.1 Å². The van der Waals surface area contributed by atoms with Crippen molar-refractivity contribution in [3.63, 3.8) is 0 Å². The van der Waals surface area contributed by atoms with Crippen LogP contribution in [-0.4, -0.2) is 19.9 Å². The largest absolute Gasteiger partial charge is 0.331 e. The summed E-state index contributed by atoms with van der Waals surface area (Å²) in [6.45, 7) is 1.99. The Morgan fingerprint density at radius 3 is 3.00 bits per heavy atom. The number of fused-ring (bicyclic) bond motifs is 1. The van der Waals surface area contributed by atoms with Gasteiger partial charge >= 0.3 is 0 Å². The predicted molar refractivity (Wildman–Crippen MR) is 89.0 cm³/mol. The maximum atomic E-state index is 10.9. The molecular formula is C14H11BrN4O2S. The quantitative estimate of drug-likeness (QED) is 0.410. The fourth-order valence-electron chi connectivity index (χ4n) is 2.04. The van der Waals surface area contributed by atoms with Crippen LogP contribution in [-0.2, 0) is 0 Å². The molecule has 1 atom stereocenters. The summed E-state index contributed by atoms with van der Waals surface area (Å²) in [7, 11) is 0. The van der Waals surface area contributed by atoms with Crippen LogP contribution in [0.4, 0.5) is 5.69 Å². The van der Waals surface area contributed by atoms with Gasteiger partial charge < -0.3 is 4.98 Å². The number of H-pyrrole nitrogens is 1. The zero-order valence-corrected chi connectivity index (χ0v) is 13.9. The molecule has 2 heterocycles. The molecule has 0 amide bonds. The highest BCUT2D eigenvalue weighted by molar-refractivity contribution is 9.10. The Kier molecular flexibility index (Phi) is 4.12. The third kappa shape index (κ3) is 3.12. The number of nitrogens with one attached hydrogen (secondary N) is 1. The predicted octanol–water partition coefficient (Wildman–Crippen LogP) is 4.48. The summed E-state index contributed by atoms with van der Waals surface area (Å²) in [4.78, 5) is 22.3. The van der Waals surface area contributed by atoms with Gasteiger partial charge in [0, 0.05) is 28.1 Å². The van der Waals surface area contributed by atoms with E-state index in [0.717, 1.165) is 20.7 Å². The maximum Gasteiger partial charge on any atom is 0.269 e. The number of rotatable bonds is 4. The summed E-state index contributed by atoms with van der Waals surface area (Å²) in [6.07, 6.45) is 1.70. The SMILES string of the molecule is CC(Sc1nc2ncc(Br)cc2[nH]1)c1cccc([N+](=O)[O-])c1. The van der Waals surface area contributed by atoms with Gasteiger partial charge in [-0.2, -0.15) is 0 Å². The Balaban J connectivity index is 1.84. The Hall–Kier alpha value is -1.93. The number of hydrogen-bond acceptors (Lipinski definition) is 5. The van der Waals surface area contributed by atoms with Crippen molar-refractivity contribution in [1.29, 1.82) is 0 Å². The van der Waals surface area contributed by atoms with Crippen LogP contribution in [0.3, 0.4) is 0 Å². The Bertz CT molecular complexity index is 852. The number of non-ortho nitro benzene ring substituents is 1. The molecule has 1 aromatic carbocycles.